The number of nitrogens with one attached hydrogen (secondary N) is 1. The SMILES string of the molecule is O=C(O)Cn1cc(C(=O)Nc2ccc(Br)cn2)nn1. The summed E-state index contributed by atoms with van der Waals surface area (Å²) in [5.41, 5.74) is 0.0194. The van der Waals surface area contributed by atoms with Gasteiger partial charge >= 0.3 is 5.97 Å². The number of halogens is 1. The van der Waals surface area contributed by atoms with Crippen molar-refractivity contribution in [3.8, 4) is 0 Å². The van der Waals surface area contributed by atoms with E-state index in [1.807, 2.05) is 0 Å². The molecule has 0 aromatic carbocycles. The molecule has 0 bridgehead atoms. The van der Waals surface area contributed by atoms with Gasteiger partial charge in [-0.2, -0.15) is 0 Å². The van der Waals surface area contributed by atoms with Gasteiger partial charge in [-0.25, -0.2) is 9.67 Å². The average molecular weight is 326 g/mol. The smallest absolute Gasteiger partial charge is 0.325 e. The molecule has 0 saturated carbocycles. The third-order valence-electron chi connectivity index (χ3n) is 2.04. The summed E-state index contributed by atoms with van der Waals surface area (Å²) < 4.78 is 1.85. The molecular weight excluding hydrogens is 318 g/mol. The van der Waals surface area contributed by atoms with Crippen LogP contribution in [0.2, 0.25) is 0 Å². The van der Waals surface area contributed by atoms with Crippen LogP contribution in [-0.4, -0.2) is 37.0 Å². The summed E-state index contributed by atoms with van der Waals surface area (Å²) >= 11 is 3.23. The zero-order valence-electron chi connectivity index (χ0n) is 9.45. The normalized spacial score (nSPS) is 10.2. The fourth-order valence-corrected chi connectivity index (χ4v) is 1.48. The molecule has 2 aromatic heterocycles. The van der Waals surface area contributed by atoms with Crippen LogP contribution in [0.1, 0.15) is 10.5 Å². The van der Waals surface area contributed by atoms with Gasteiger partial charge in [0.2, 0.25) is 0 Å². The number of carbonyl (C=O) groups is 2. The first-order valence-corrected chi connectivity index (χ1v) is 5.89. The van der Waals surface area contributed by atoms with Crippen LogP contribution in [0.3, 0.4) is 0 Å². The minimum absolute atomic E-state index is 0.0194. The van der Waals surface area contributed by atoms with Gasteiger partial charge in [0.15, 0.2) is 5.69 Å². The van der Waals surface area contributed by atoms with Crippen molar-refractivity contribution in [1.82, 2.24) is 20.0 Å². The van der Waals surface area contributed by atoms with Crippen LogP contribution in [0.5, 0.6) is 0 Å². The summed E-state index contributed by atoms with van der Waals surface area (Å²) in [6, 6.07) is 3.34. The molecular formula is C10H8BrN5O3. The first kappa shape index (κ1) is 13.1. The van der Waals surface area contributed by atoms with Gasteiger partial charge in [-0.1, -0.05) is 5.21 Å². The van der Waals surface area contributed by atoms with Gasteiger partial charge in [-0.3, -0.25) is 9.59 Å². The number of hydrogen-bond acceptors (Lipinski definition) is 5. The second kappa shape index (κ2) is 5.57. The highest BCUT2D eigenvalue weighted by Gasteiger charge is 2.12. The highest BCUT2D eigenvalue weighted by Crippen LogP contribution is 2.11. The number of pyridine rings is 1. The topological polar surface area (TPSA) is 110 Å². The standard InChI is InChI=1S/C10H8BrN5O3/c11-6-1-2-8(12-3-6)13-10(19)7-4-16(15-14-7)5-9(17)18/h1-4H,5H2,(H,17,18)(H,12,13,19). The van der Waals surface area contributed by atoms with Crippen LogP contribution in [0.4, 0.5) is 5.82 Å². The van der Waals surface area contributed by atoms with Crippen LogP contribution < -0.4 is 5.32 Å². The van der Waals surface area contributed by atoms with Crippen LogP contribution >= 0.6 is 15.9 Å². The Kier molecular flexibility index (Phi) is 3.85. The Hall–Kier alpha value is -2.29. The van der Waals surface area contributed by atoms with Gasteiger partial charge < -0.3 is 10.4 Å². The van der Waals surface area contributed by atoms with Crippen molar-refractivity contribution in [2.75, 3.05) is 5.32 Å². The summed E-state index contributed by atoms with van der Waals surface area (Å²) in [7, 11) is 0. The molecule has 0 atom stereocenters. The van der Waals surface area contributed by atoms with Crippen molar-refractivity contribution in [3.05, 3.63) is 34.7 Å². The predicted octanol–water partition coefficient (Wildman–Crippen LogP) is 0.773. The van der Waals surface area contributed by atoms with E-state index in [1.54, 1.807) is 12.1 Å². The number of nitrogens with zero attached hydrogens (tertiary/aromatic N) is 4. The average Bonchev–Trinajstić information content (AvgIpc) is 2.80. The second-order valence-electron chi connectivity index (χ2n) is 3.51. The zero-order chi connectivity index (χ0) is 13.8. The fourth-order valence-electron chi connectivity index (χ4n) is 1.25. The molecule has 0 unspecified atom stereocenters. The first-order chi connectivity index (χ1) is 9.04. The van der Waals surface area contributed by atoms with Gasteiger partial charge in [-0.05, 0) is 28.1 Å². The number of aliphatic carboxylic acids is 1. The monoisotopic (exact) mass is 325 g/mol. The van der Waals surface area contributed by atoms with E-state index in [9.17, 15) is 9.59 Å². The van der Waals surface area contributed by atoms with Crippen molar-refractivity contribution < 1.29 is 14.7 Å². The van der Waals surface area contributed by atoms with Crippen LogP contribution in [-0.2, 0) is 11.3 Å². The second-order valence-corrected chi connectivity index (χ2v) is 4.43. The Morgan fingerprint density at radius 2 is 2.21 bits per heavy atom. The molecule has 0 saturated heterocycles. The quantitative estimate of drug-likeness (QED) is 0.859. The Labute approximate surface area is 115 Å². The molecule has 0 fully saturated rings. The van der Waals surface area contributed by atoms with Crippen LogP contribution in [0.15, 0.2) is 29.0 Å². The molecule has 8 nitrogen and oxygen atoms in total. The minimum atomic E-state index is -1.06. The first-order valence-electron chi connectivity index (χ1n) is 5.09. The van der Waals surface area contributed by atoms with E-state index in [2.05, 4.69) is 36.5 Å². The molecule has 0 spiro atoms. The maximum atomic E-state index is 11.8. The van der Waals surface area contributed by atoms with E-state index < -0.39 is 11.9 Å². The number of anilines is 1. The summed E-state index contributed by atoms with van der Waals surface area (Å²) in [6.45, 7) is -0.350. The molecule has 2 heterocycles. The van der Waals surface area contributed by atoms with Gasteiger partial charge in [0.05, 0.1) is 6.20 Å². The third-order valence-corrected chi connectivity index (χ3v) is 2.51. The number of carbonyl (C=O) groups excluding carboxylic acids is 1. The van der Waals surface area contributed by atoms with E-state index in [-0.39, 0.29) is 12.2 Å². The Bertz CT molecular complexity index is 610. The van der Waals surface area contributed by atoms with Gasteiger partial charge in [0.1, 0.15) is 12.4 Å². The molecule has 19 heavy (non-hydrogen) atoms. The molecule has 1 amide bonds. The summed E-state index contributed by atoms with van der Waals surface area (Å²) in [6.07, 6.45) is 2.79. The maximum absolute atomic E-state index is 11.8. The van der Waals surface area contributed by atoms with Gasteiger partial charge in [0.25, 0.3) is 5.91 Å². The fraction of sp³-hybridized carbons (Fsp3) is 0.100. The number of hydrogen-bond donors (Lipinski definition) is 2. The third kappa shape index (κ3) is 3.58. The molecule has 2 N–H and O–H groups in total. The number of aromatic nitrogens is 4. The van der Waals surface area contributed by atoms with E-state index in [0.29, 0.717) is 5.82 Å². The summed E-state index contributed by atoms with van der Waals surface area (Å²) in [4.78, 5) is 26.2. The van der Waals surface area contributed by atoms with E-state index in [0.717, 1.165) is 9.15 Å². The van der Waals surface area contributed by atoms with E-state index in [4.69, 9.17) is 5.11 Å². The van der Waals surface area contributed by atoms with Crippen LogP contribution in [0, 0.1) is 0 Å². The molecule has 0 aliphatic heterocycles. The number of carboxylic acid groups (broad SMARTS) is 1. The number of carboxylic acids is 1. The van der Waals surface area contributed by atoms with Gasteiger partial charge in [-0.15, -0.1) is 5.10 Å². The largest absolute Gasteiger partial charge is 0.480 e. The van der Waals surface area contributed by atoms with Crippen molar-refractivity contribution >= 4 is 33.6 Å². The lowest BCUT2D eigenvalue weighted by molar-refractivity contribution is -0.137. The highest BCUT2D eigenvalue weighted by molar-refractivity contribution is 9.10. The summed E-state index contributed by atoms with van der Waals surface area (Å²) in [5.74, 6) is -1.21. The van der Waals surface area contributed by atoms with E-state index >= 15 is 0 Å². The number of rotatable bonds is 4. The lowest BCUT2D eigenvalue weighted by Crippen LogP contribution is -2.13. The summed E-state index contributed by atoms with van der Waals surface area (Å²) in [5, 5.41) is 18.2. The zero-order valence-corrected chi connectivity index (χ0v) is 11.0. The molecule has 0 aliphatic carbocycles. The van der Waals surface area contributed by atoms with Crippen molar-refractivity contribution in [3.63, 3.8) is 0 Å². The highest BCUT2D eigenvalue weighted by atomic mass is 79.9. The molecule has 0 radical (unpaired) electrons. The van der Waals surface area contributed by atoms with Crippen LogP contribution in [0.25, 0.3) is 0 Å². The molecule has 2 rings (SSSR count). The Balaban J connectivity index is 2.05. The van der Waals surface area contributed by atoms with Gasteiger partial charge in [0, 0.05) is 10.7 Å². The van der Waals surface area contributed by atoms with Crippen molar-refractivity contribution in [2.45, 2.75) is 6.54 Å². The number of amides is 1. The molecule has 98 valence electrons. The Morgan fingerprint density at radius 3 is 2.84 bits per heavy atom. The minimum Gasteiger partial charge on any atom is -0.480 e. The molecule has 9 heteroatoms. The lowest BCUT2D eigenvalue weighted by atomic mass is 10.4. The van der Waals surface area contributed by atoms with Crippen molar-refractivity contribution in [1.29, 1.82) is 0 Å². The molecule has 2 aromatic rings. The predicted molar refractivity (Wildman–Crippen MR) is 67.5 cm³/mol. The van der Waals surface area contributed by atoms with E-state index in [1.165, 1.54) is 12.4 Å². The Morgan fingerprint density at radius 1 is 1.42 bits per heavy atom. The molecule has 0 aliphatic rings. The van der Waals surface area contributed by atoms with Crippen molar-refractivity contribution in [2.24, 2.45) is 0 Å². The lowest BCUT2D eigenvalue weighted by Gasteiger charge is -2.01. The maximum Gasteiger partial charge on any atom is 0.325 e.